The zero-order valence-corrected chi connectivity index (χ0v) is 18.6. The van der Waals surface area contributed by atoms with E-state index in [4.69, 9.17) is 21.5 Å². The van der Waals surface area contributed by atoms with Crippen LogP contribution in [0.1, 0.15) is 28.4 Å². The molecule has 1 aliphatic rings. The third kappa shape index (κ3) is 4.41. The van der Waals surface area contributed by atoms with Crippen molar-refractivity contribution in [1.82, 2.24) is 20.3 Å². The maximum Gasteiger partial charge on any atom is 0.144 e. The SMILES string of the molecule is CC(=N)C(c1ccccn1)c1nc(-c2cccnc2N2CCNCC2)c(C(N)=NC=N)s1. The van der Waals surface area contributed by atoms with Gasteiger partial charge in [0.05, 0.1) is 22.2 Å². The second-order valence-corrected chi connectivity index (χ2v) is 8.39. The summed E-state index contributed by atoms with van der Waals surface area (Å²) >= 11 is 1.38. The highest BCUT2D eigenvalue weighted by Gasteiger charge is 2.27. The number of hydrogen-bond acceptors (Lipinski definition) is 8. The van der Waals surface area contributed by atoms with Crippen molar-refractivity contribution in [3.8, 4) is 11.3 Å². The minimum atomic E-state index is -0.388. The van der Waals surface area contributed by atoms with E-state index in [0.29, 0.717) is 21.3 Å². The highest BCUT2D eigenvalue weighted by molar-refractivity contribution is 7.14. The van der Waals surface area contributed by atoms with Crippen LogP contribution in [0.2, 0.25) is 0 Å². The Morgan fingerprint density at radius 3 is 2.69 bits per heavy atom. The highest BCUT2D eigenvalue weighted by Crippen LogP contribution is 2.38. The predicted octanol–water partition coefficient (Wildman–Crippen LogP) is 2.49. The summed E-state index contributed by atoms with van der Waals surface area (Å²) < 4.78 is 0. The van der Waals surface area contributed by atoms with Gasteiger partial charge in [0.2, 0.25) is 0 Å². The first kappa shape index (κ1) is 21.7. The Morgan fingerprint density at radius 1 is 1.22 bits per heavy atom. The fraction of sp³-hybridized carbons (Fsp3) is 0.273. The summed E-state index contributed by atoms with van der Waals surface area (Å²) in [6.45, 7) is 5.22. The van der Waals surface area contributed by atoms with Crippen LogP contribution < -0.4 is 16.0 Å². The Morgan fingerprint density at radius 2 is 2.00 bits per heavy atom. The molecule has 1 unspecified atom stereocenters. The third-order valence-corrected chi connectivity index (χ3v) is 6.34. The maximum absolute atomic E-state index is 8.40. The summed E-state index contributed by atoms with van der Waals surface area (Å²) in [6.07, 6.45) is 4.42. The molecule has 1 fully saturated rings. The average Bonchev–Trinajstić information content (AvgIpc) is 3.25. The van der Waals surface area contributed by atoms with Crippen molar-refractivity contribution in [2.75, 3.05) is 31.1 Å². The first-order chi connectivity index (χ1) is 15.6. The lowest BCUT2D eigenvalue weighted by Gasteiger charge is -2.29. The van der Waals surface area contributed by atoms with Crippen molar-refractivity contribution in [2.24, 2.45) is 10.7 Å². The van der Waals surface area contributed by atoms with Crippen molar-refractivity contribution < 1.29 is 0 Å². The van der Waals surface area contributed by atoms with E-state index < -0.39 is 0 Å². The van der Waals surface area contributed by atoms with Gasteiger partial charge in [-0.1, -0.05) is 6.07 Å². The quantitative estimate of drug-likeness (QED) is 0.324. The lowest BCUT2D eigenvalue weighted by Crippen LogP contribution is -2.44. The minimum Gasteiger partial charge on any atom is -0.382 e. The monoisotopic (exact) mass is 447 g/mol. The number of amidine groups is 1. The molecule has 4 heterocycles. The predicted molar refractivity (Wildman–Crippen MR) is 129 cm³/mol. The van der Waals surface area contributed by atoms with Crippen molar-refractivity contribution in [3.05, 3.63) is 58.3 Å². The summed E-state index contributed by atoms with van der Waals surface area (Å²) in [7, 11) is 0. The number of aromatic nitrogens is 3. The van der Waals surface area contributed by atoms with Gasteiger partial charge in [-0.3, -0.25) is 10.4 Å². The first-order valence-electron chi connectivity index (χ1n) is 10.3. The number of thiazole rings is 1. The molecule has 3 aromatic rings. The second kappa shape index (κ2) is 9.75. The number of piperazine rings is 1. The Bertz CT molecular complexity index is 1130. The van der Waals surface area contributed by atoms with Gasteiger partial charge in [0, 0.05) is 49.8 Å². The molecule has 10 heteroatoms. The van der Waals surface area contributed by atoms with Gasteiger partial charge in [-0.05, 0) is 31.2 Å². The lowest BCUT2D eigenvalue weighted by atomic mass is 10.0. The first-order valence-corrected chi connectivity index (χ1v) is 11.1. The van der Waals surface area contributed by atoms with E-state index in [1.807, 2.05) is 30.3 Å². The molecular weight excluding hydrogens is 422 g/mol. The van der Waals surface area contributed by atoms with Crippen molar-refractivity contribution >= 4 is 35.0 Å². The van der Waals surface area contributed by atoms with Crippen LogP contribution in [0.5, 0.6) is 0 Å². The summed E-state index contributed by atoms with van der Waals surface area (Å²) in [5.74, 6) is 0.674. The molecule has 9 nitrogen and oxygen atoms in total. The van der Waals surface area contributed by atoms with Gasteiger partial charge in [0.25, 0.3) is 0 Å². The molecule has 1 saturated heterocycles. The Balaban J connectivity index is 1.88. The zero-order chi connectivity index (χ0) is 22.5. The number of rotatable bonds is 7. The molecule has 4 rings (SSSR count). The molecule has 3 aromatic heterocycles. The molecule has 0 aromatic carbocycles. The van der Waals surface area contributed by atoms with Crippen molar-refractivity contribution in [3.63, 3.8) is 0 Å². The number of pyridine rings is 2. The average molecular weight is 448 g/mol. The fourth-order valence-corrected chi connectivity index (χ4v) is 4.91. The van der Waals surface area contributed by atoms with Crippen molar-refractivity contribution in [2.45, 2.75) is 12.8 Å². The fourth-order valence-electron chi connectivity index (χ4n) is 3.74. The van der Waals surface area contributed by atoms with E-state index in [1.54, 1.807) is 19.3 Å². The van der Waals surface area contributed by atoms with Crippen LogP contribution in [0.25, 0.3) is 11.3 Å². The molecule has 0 spiro atoms. The van der Waals surface area contributed by atoms with E-state index >= 15 is 0 Å². The number of nitrogens with two attached hydrogens (primary N) is 1. The number of hydrogen-bond donors (Lipinski definition) is 4. The summed E-state index contributed by atoms with van der Waals surface area (Å²) in [5.41, 5.74) is 8.97. The van der Waals surface area contributed by atoms with Gasteiger partial charge in [0.1, 0.15) is 23.0 Å². The summed E-state index contributed by atoms with van der Waals surface area (Å²) in [6, 6.07) is 9.52. The second-order valence-electron chi connectivity index (χ2n) is 7.36. The molecule has 0 radical (unpaired) electrons. The van der Waals surface area contributed by atoms with Gasteiger partial charge in [0.15, 0.2) is 0 Å². The van der Waals surface area contributed by atoms with Gasteiger partial charge in [-0.15, -0.1) is 11.3 Å². The number of nitrogens with zero attached hydrogens (tertiary/aromatic N) is 5. The molecule has 0 bridgehead atoms. The van der Waals surface area contributed by atoms with E-state index in [-0.39, 0.29) is 11.8 Å². The smallest absolute Gasteiger partial charge is 0.144 e. The van der Waals surface area contributed by atoms with Crippen LogP contribution in [-0.4, -0.2) is 59.0 Å². The van der Waals surface area contributed by atoms with Gasteiger partial charge in [-0.2, -0.15) is 0 Å². The van der Waals surface area contributed by atoms with E-state index in [2.05, 4.69) is 25.2 Å². The van der Waals surface area contributed by atoms with Gasteiger partial charge >= 0.3 is 0 Å². The maximum atomic E-state index is 8.40. The Hall–Kier alpha value is -3.50. The number of aliphatic imine (C=N–C) groups is 1. The topological polar surface area (TPSA) is 140 Å². The van der Waals surface area contributed by atoms with Crippen molar-refractivity contribution in [1.29, 1.82) is 10.8 Å². The van der Waals surface area contributed by atoms with E-state index in [1.165, 1.54) is 11.3 Å². The van der Waals surface area contributed by atoms with Gasteiger partial charge < -0.3 is 21.4 Å². The molecule has 0 amide bonds. The zero-order valence-electron chi connectivity index (χ0n) is 17.7. The summed E-state index contributed by atoms with van der Waals surface area (Å²) in [5, 5.41) is 19.8. The standard InChI is InChI=1S/C22H25N9S/c1-14(24)17(16-6-2-3-7-27-16)22-30-18(19(32-22)20(25)29-13-23)15-5-4-8-28-21(15)31-11-9-26-10-12-31/h2-8,13,17,24,26H,9-12H2,1H3,(H3,23,25,29). The largest absolute Gasteiger partial charge is 0.382 e. The molecule has 32 heavy (non-hydrogen) atoms. The Kier molecular flexibility index (Phi) is 6.62. The van der Waals surface area contributed by atoms with Crippen LogP contribution >= 0.6 is 11.3 Å². The molecule has 1 atom stereocenters. The number of anilines is 1. The Labute approximate surface area is 190 Å². The van der Waals surface area contributed by atoms with Crippen LogP contribution in [-0.2, 0) is 0 Å². The van der Waals surface area contributed by atoms with Crippen LogP contribution in [0.15, 0.2) is 47.7 Å². The van der Waals surface area contributed by atoms with Crippen LogP contribution in [0.4, 0.5) is 5.82 Å². The highest BCUT2D eigenvalue weighted by atomic mass is 32.1. The molecular formula is C22H25N9S. The normalized spacial score (nSPS) is 15.4. The summed E-state index contributed by atoms with van der Waals surface area (Å²) in [4.78, 5) is 21.0. The van der Waals surface area contributed by atoms with E-state index in [9.17, 15) is 0 Å². The minimum absolute atomic E-state index is 0.219. The molecule has 164 valence electrons. The molecule has 5 N–H and O–H groups in total. The molecule has 1 aliphatic heterocycles. The third-order valence-electron chi connectivity index (χ3n) is 5.20. The number of nitrogens with one attached hydrogen (secondary N) is 3. The van der Waals surface area contributed by atoms with Crippen LogP contribution in [0.3, 0.4) is 0 Å². The molecule has 0 aliphatic carbocycles. The van der Waals surface area contributed by atoms with E-state index in [0.717, 1.165) is 49.6 Å². The molecule has 0 saturated carbocycles. The van der Waals surface area contributed by atoms with Gasteiger partial charge in [-0.25, -0.2) is 15.0 Å². The lowest BCUT2D eigenvalue weighted by molar-refractivity contribution is 0.585. The van der Waals surface area contributed by atoms with Crippen LogP contribution in [0, 0.1) is 10.8 Å².